The maximum atomic E-state index is 10.00. The van der Waals surface area contributed by atoms with E-state index in [1.54, 1.807) is 0 Å². The molecule has 1 N–H and O–H groups in total. The van der Waals surface area contributed by atoms with Gasteiger partial charge in [0.2, 0.25) is -0.565 Å². The fourth-order valence-electron chi connectivity index (χ4n) is 0. The van der Waals surface area contributed by atoms with Crippen molar-refractivity contribution in [3.8, 4) is 0 Å². The van der Waals surface area contributed by atoms with Crippen molar-refractivity contribution < 1.29 is 32.3 Å². The second-order valence-electron chi connectivity index (χ2n) is 0.803. The number of hydrogen-bond donors (Lipinski definition) is 1. The second kappa shape index (κ2) is 5.10. The Morgan fingerprint density at radius 1 is 1.38 bits per heavy atom. The van der Waals surface area contributed by atoms with E-state index in [1.165, 1.54) is 0 Å². The van der Waals surface area contributed by atoms with E-state index in [1.807, 2.05) is 67.8 Å². The first-order valence-electron chi connectivity index (χ1n) is 1.24. The molecule has 0 aromatic heterocycles. The summed E-state index contributed by atoms with van der Waals surface area (Å²) in [5, 5.41) is 8.23. The Morgan fingerprint density at radius 3 is 1.50 bits per heavy atom. The number of halogens is 3. The van der Waals surface area contributed by atoms with Crippen LogP contribution in [0.25, 0.3) is 0 Å². The molecular weight excluding hydrogens is 545 g/mol. The van der Waals surface area contributed by atoms with Crippen LogP contribution in [0.2, 0.25) is 0 Å². The Hall–Kier alpha value is 2.40. The SMILES string of the molecule is O=C(O)C(I)(I)I.[Ag]. The van der Waals surface area contributed by atoms with Gasteiger partial charge in [-0.1, -0.05) is 0 Å². The van der Waals surface area contributed by atoms with Gasteiger partial charge in [0.25, 0.3) is 0 Å². The number of aliphatic carboxylic acids is 1. The summed E-state index contributed by atoms with van der Waals surface area (Å²) in [4.78, 5) is 10.00. The van der Waals surface area contributed by atoms with Crippen molar-refractivity contribution in [2.45, 2.75) is -0.565 Å². The number of carboxylic acid groups (broad SMARTS) is 1. The van der Waals surface area contributed by atoms with Crippen LogP contribution in [-0.4, -0.2) is 10.5 Å². The maximum Gasteiger partial charge on any atom is 0.339 e. The van der Waals surface area contributed by atoms with Crippen molar-refractivity contribution in [2.75, 3.05) is 0 Å². The fourth-order valence-corrected chi connectivity index (χ4v) is 0. The molecular formula is C2HAgI3O2. The Balaban J connectivity index is 0. The van der Waals surface area contributed by atoms with Crippen molar-refractivity contribution in [3.05, 3.63) is 0 Å². The number of rotatable bonds is 1. The monoisotopic (exact) mass is 545 g/mol. The molecule has 2 nitrogen and oxygen atoms in total. The molecule has 0 aliphatic heterocycles. The third-order valence-electron chi connectivity index (χ3n) is 0.243. The first-order chi connectivity index (χ1) is 2.94. The van der Waals surface area contributed by atoms with Crippen LogP contribution in [0.1, 0.15) is 0 Å². The van der Waals surface area contributed by atoms with Gasteiger partial charge in [0.05, 0.1) is 0 Å². The standard InChI is InChI=1S/C2HI3O2.Ag/c3-2(4,5)1(6)7;/h(H,6,7);. The second-order valence-corrected chi connectivity index (χ2v) is 11.8. The van der Waals surface area contributed by atoms with Crippen molar-refractivity contribution in [1.82, 2.24) is 0 Å². The van der Waals surface area contributed by atoms with Gasteiger partial charge < -0.3 is 5.11 Å². The summed E-state index contributed by atoms with van der Waals surface area (Å²) in [5.74, 6) is -0.797. The average Bonchev–Trinajstić information content (AvgIpc) is 1.31. The van der Waals surface area contributed by atoms with Crippen LogP contribution < -0.4 is 0 Å². The molecule has 0 spiro atoms. The van der Waals surface area contributed by atoms with Crippen LogP contribution in [0.3, 0.4) is 0 Å². The average molecular weight is 546 g/mol. The minimum atomic E-state index is -0.797. The van der Waals surface area contributed by atoms with E-state index >= 15 is 0 Å². The zero-order valence-corrected chi connectivity index (χ0v) is 11.2. The fraction of sp³-hybridized carbons (Fsp3) is 0.500. The van der Waals surface area contributed by atoms with Crippen LogP contribution >= 0.6 is 67.8 Å². The molecule has 0 saturated heterocycles. The first kappa shape index (κ1) is 13.0. The Bertz CT molecular complexity index is 87.8. The number of carbonyl (C=O) groups is 1. The molecule has 0 amide bonds. The summed E-state index contributed by atoms with van der Waals surface area (Å²) < 4.78 is -0.673. The van der Waals surface area contributed by atoms with Crippen LogP contribution in [0, 0.1) is 0 Å². The molecule has 0 aliphatic carbocycles. The van der Waals surface area contributed by atoms with Crippen LogP contribution in [-0.2, 0) is 27.2 Å². The summed E-state index contributed by atoms with van der Waals surface area (Å²) >= 11 is 5.52. The van der Waals surface area contributed by atoms with Gasteiger partial charge in [-0.2, -0.15) is 0 Å². The van der Waals surface area contributed by atoms with Gasteiger partial charge in [-0.25, -0.2) is 4.79 Å². The Labute approximate surface area is 103 Å². The zero-order chi connectivity index (χ0) is 6.08. The molecule has 0 atom stereocenters. The van der Waals surface area contributed by atoms with Gasteiger partial charge in [-0.3, -0.25) is 0 Å². The predicted octanol–water partition coefficient (Wildman–Crippen LogP) is 2.03. The minimum absolute atomic E-state index is 0. The molecule has 0 aliphatic rings. The van der Waals surface area contributed by atoms with Crippen molar-refractivity contribution in [3.63, 3.8) is 0 Å². The first-order valence-corrected chi connectivity index (χ1v) is 4.48. The molecule has 0 rings (SSSR count). The zero-order valence-electron chi connectivity index (χ0n) is 3.29. The normalized spacial score (nSPS) is 9.88. The Kier molecular flexibility index (Phi) is 8.31. The number of carboxylic acids is 1. The van der Waals surface area contributed by atoms with E-state index < -0.39 is 5.40 Å². The molecule has 0 aromatic rings. The molecule has 0 unspecified atom stereocenters. The van der Waals surface area contributed by atoms with Gasteiger partial charge in [-0.05, 0) is 67.8 Å². The van der Waals surface area contributed by atoms with Crippen molar-refractivity contribution in [2.24, 2.45) is 0 Å². The molecule has 53 valence electrons. The molecule has 0 bridgehead atoms. The summed E-state index contributed by atoms with van der Waals surface area (Å²) in [5.41, 5.74) is 0. The topological polar surface area (TPSA) is 37.3 Å². The van der Waals surface area contributed by atoms with Crippen LogP contribution in [0.15, 0.2) is 0 Å². The maximum absolute atomic E-state index is 10.00. The van der Waals surface area contributed by atoms with Crippen LogP contribution in [0.4, 0.5) is 0 Å². The number of alkyl halides is 3. The molecule has 8 heavy (non-hydrogen) atoms. The van der Waals surface area contributed by atoms with Crippen LogP contribution in [0.5, 0.6) is 0 Å². The van der Waals surface area contributed by atoms with Crippen molar-refractivity contribution >= 4 is 73.7 Å². The quantitative estimate of drug-likeness (QED) is 0.311. The summed E-state index contributed by atoms with van der Waals surface area (Å²) in [6.07, 6.45) is 0. The van der Waals surface area contributed by atoms with Crippen molar-refractivity contribution in [1.29, 1.82) is 0 Å². The molecule has 0 saturated carbocycles. The third kappa shape index (κ3) is 6.52. The smallest absolute Gasteiger partial charge is 0.339 e. The molecule has 6 heteroatoms. The number of hydrogen-bond acceptors (Lipinski definition) is 1. The van der Waals surface area contributed by atoms with E-state index in [4.69, 9.17) is 5.11 Å². The Morgan fingerprint density at radius 2 is 1.50 bits per heavy atom. The molecule has 0 heterocycles. The predicted molar refractivity (Wildman–Crippen MR) is 52.4 cm³/mol. The third-order valence-corrected chi connectivity index (χ3v) is 1.63. The van der Waals surface area contributed by atoms with E-state index in [9.17, 15) is 4.79 Å². The molecule has 0 fully saturated rings. The van der Waals surface area contributed by atoms with Gasteiger partial charge in [0.1, 0.15) is 0 Å². The van der Waals surface area contributed by atoms with Gasteiger partial charge >= 0.3 is 5.97 Å². The largest absolute Gasteiger partial charge is 0.479 e. The summed E-state index contributed by atoms with van der Waals surface area (Å²) in [6, 6.07) is 0. The van der Waals surface area contributed by atoms with Gasteiger partial charge in [0.15, 0.2) is 0 Å². The minimum Gasteiger partial charge on any atom is -0.479 e. The molecule has 1 radical (unpaired) electrons. The van der Waals surface area contributed by atoms with E-state index in [0.717, 1.165) is 0 Å². The van der Waals surface area contributed by atoms with E-state index in [0.29, 0.717) is 0 Å². The van der Waals surface area contributed by atoms with E-state index in [2.05, 4.69) is 0 Å². The molecule has 0 aromatic carbocycles. The summed E-state index contributed by atoms with van der Waals surface area (Å²) in [7, 11) is 0. The van der Waals surface area contributed by atoms with Gasteiger partial charge in [0, 0.05) is 22.4 Å². The van der Waals surface area contributed by atoms with E-state index in [-0.39, 0.29) is 22.4 Å². The summed E-state index contributed by atoms with van der Waals surface area (Å²) in [6.45, 7) is 0. The van der Waals surface area contributed by atoms with Gasteiger partial charge in [-0.15, -0.1) is 0 Å².